The van der Waals surface area contributed by atoms with Gasteiger partial charge in [0.2, 0.25) is 5.28 Å². The van der Waals surface area contributed by atoms with Crippen LogP contribution in [0.5, 0.6) is 0 Å². The van der Waals surface area contributed by atoms with Gasteiger partial charge in [-0.05, 0) is 43.4 Å². The molecular weight excluding hydrogens is 338 g/mol. The fourth-order valence-corrected chi connectivity index (χ4v) is 4.78. The van der Waals surface area contributed by atoms with Crippen molar-refractivity contribution in [2.45, 2.75) is 33.1 Å². The summed E-state index contributed by atoms with van der Waals surface area (Å²) in [6.07, 6.45) is 3.42. The normalized spacial score (nSPS) is 14.7. The lowest BCUT2D eigenvalue weighted by molar-refractivity contribution is 0.940. The van der Waals surface area contributed by atoms with Crippen LogP contribution in [0.15, 0.2) is 24.3 Å². The number of rotatable bonds is 3. The maximum absolute atomic E-state index is 6.23. The van der Waals surface area contributed by atoms with E-state index in [-0.39, 0.29) is 0 Å². The molecule has 0 radical (unpaired) electrons. The molecule has 0 spiro atoms. The first kappa shape index (κ1) is 15.9. The van der Waals surface area contributed by atoms with Gasteiger partial charge in [-0.25, -0.2) is 4.98 Å². The summed E-state index contributed by atoms with van der Waals surface area (Å²) < 4.78 is 0. The summed E-state index contributed by atoms with van der Waals surface area (Å²) in [6, 6.07) is 8.76. The van der Waals surface area contributed by atoms with E-state index in [0.29, 0.717) is 5.28 Å². The van der Waals surface area contributed by atoms with Crippen molar-refractivity contribution in [2.75, 3.05) is 18.0 Å². The molecule has 0 bridgehead atoms. The summed E-state index contributed by atoms with van der Waals surface area (Å²) in [6.45, 7) is 6.42. The summed E-state index contributed by atoms with van der Waals surface area (Å²) in [5.41, 5.74) is 3.81. The van der Waals surface area contributed by atoms with Gasteiger partial charge in [0.15, 0.2) is 0 Å². The van der Waals surface area contributed by atoms with Crippen LogP contribution in [0, 0.1) is 6.92 Å². The van der Waals surface area contributed by atoms with Gasteiger partial charge in [0, 0.05) is 23.5 Å². The lowest BCUT2D eigenvalue weighted by Gasteiger charge is -2.18. The third kappa shape index (κ3) is 2.68. The number of nitrogens with zero attached hydrogens (tertiary/aromatic N) is 3. The molecule has 4 rings (SSSR count). The van der Waals surface area contributed by atoms with E-state index in [9.17, 15) is 0 Å². The zero-order chi connectivity index (χ0) is 16.7. The zero-order valence-electron chi connectivity index (χ0n) is 14.0. The van der Waals surface area contributed by atoms with Crippen LogP contribution < -0.4 is 4.90 Å². The van der Waals surface area contributed by atoms with Gasteiger partial charge in [0.1, 0.15) is 10.6 Å². The van der Waals surface area contributed by atoms with Crippen molar-refractivity contribution >= 4 is 39.0 Å². The van der Waals surface area contributed by atoms with E-state index < -0.39 is 0 Å². The minimum absolute atomic E-state index is 0.351. The third-order valence-electron chi connectivity index (χ3n) is 4.65. The monoisotopic (exact) mass is 357 g/mol. The lowest BCUT2D eigenvalue weighted by Crippen LogP contribution is -2.19. The second-order valence-electron chi connectivity index (χ2n) is 6.31. The van der Waals surface area contributed by atoms with Gasteiger partial charge in [-0.3, -0.25) is 0 Å². The molecule has 1 saturated heterocycles. The number of aryl methyl sites for hydroxylation is 2. The maximum Gasteiger partial charge on any atom is 0.225 e. The van der Waals surface area contributed by atoms with Gasteiger partial charge in [-0.15, -0.1) is 11.3 Å². The second kappa shape index (κ2) is 6.34. The molecule has 0 amide bonds. The van der Waals surface area contributed by atoms with E-state index in [2.05, 4.69) is 53.0 Å². The van der Waals surface area contributed by atoms with Gasteiger partial charge in [0.05, 0.1) is 5.39 Å². The fraction of sp³-hybridized carbons (Fsp3) is 0.368. The van der Waals surface area contributed by atoms with Crippen molar-refractivity contribution in [1.29, 1.82) is 0 Å². The molecule has 0 N–H and O–H groups in total. The molecule has 3 aromatic rings. The van der Waals surface area contributed by atoms with Gasteiger partial charge in [-0.2, -0.15) is 4.98 Å². The Labute approximate surface area is 151 Å². The molecule has 3 heterocycles. The zero-order valence-corrected chi connectivity index (χ0v) is 15.5. The fourth-order valence-electron chi connectivity index (χ4n) is 3.44. The Bertz CT molecular complexity index is 880. The van der Waals surface area contributed by atoms with Crippen LogP contribution >= 0.6 is 22.9 Å². The Hall–Kier alpha value is -1.65. The van der Waals surface area contributed by atoms with Gasteiger partial charge in [0.25, 0.3) is 0 Å². The largest absolute Gasteiger partial charge is 0.356 e. The van der Waals surface area contributed by atoms with Crippen molar-refractivity contribution in [3.8, 4) is 11.1 Å². The van der Waals surface area contributed by atoms with Crippen molar-refractivity contribution in [3.63, 3.8) is 0 Å². The Kier molecular flexibility index (Phi) is 4.19. The van der Waals surface area contributed by atoms with Gasteiger partial charge in [-0.1, -0.05) is 36.8 Å². The van der Waals surface area contributed by atoms with Crippen LogP contribution in [0.1, 0.15) is 30.2 Å². The first-order valence-electron chi connectivity index (χ1n) is 8.48. The quantitative estimate of drug-likeness (QED) is 0.581. The van der Waals surface area contributed by atoms with Crippen LogP contribution in [0.3, 0.4) is 0 Å². The second-order valence-corrected chi connectivity index (χ2v) is 7.73. The molecular formula is C19H20ClN3S. The summed E-state index contributed by atoms with van der Waals surface area (Å²) in [7, 11) is 0. The molecule has 0 aliphatic carbocycles. The summed E-state index contributed by atoms with van der Waals surface area (Å²) >= 11 is 7.98. The molecule has 1 aliphatic heterocycles. The number of anilines is 1. The average molecular weight is 358 g/mol. The van der Waals surface area contributed by atoms with Crippen molar-refractivity contribution < 1.29 is 0 Å². The highest BCUT2D eigenvalue weighted by molar-refractivity contribution is 7.19. The molecule has 3 nitrogen and oxygen atoms in total. The molecule has 0 saturated carbocycles. The average Bonchev–Trinajstić information content (AvgIpc) is 3.22. The number of halogens is 1. The number of thiophene rings is 1. The van der Waals surface area contributed by atoms with E-state index in [0.717, 1.165) is 30.2 Å². The van der Waals surface area contributed by atoms with Crippen molar-refractivity contribution in [1.82, 2.24) is 9.97 Å². The van der Waals surface area contributed by atoms with Crippen LogP contribution in [0.25, 0.3) is 21.3 Å². The van der Waals surface area contributed by atoms with Gasteiger partial charge < -0.3 is 4.90 Å². The van der Waals surface area contributed by atoms with Crippen LogP contribution in [-0.4, -0.2) is 23.1 Å². The number of hydrogen-bond acceptors (Lipinski definition) is 4. The van der Waals surface area contributed by atoms with Crippen LogP contribution in [0.4, 0.5) is 5.82 Å². The van der Waals surface area contributed by atoms with E-state index in [1.165, 1.54) is 39.8 Å². The first-order chi connectivity index (χ1) is 11.7. The van der Waals surface area contributed by atoms with E-state index in [1.54, 1.807) is 11.3 Å². The molecule has 1 fully saturated rings. The van der Waals surface area contributed by atoms with Crippen molar-refractivity contribution in [2.24, 2.45) is 0 Å². The molecule has 124 valence electrons. The van der Waals surface area contributed by atoms with Crippen LogP contribution in [0.2, 0.25) is 5.28 Å². The number of fused-ring (bicyclic) bond motifs is 1. The Balaban J connectivity index is 2.01. The first-order valence-corrected chi connectivity index (χ1v) is 9.67. The molecule has 24 heavy (non-hydrogen) atoms. The summed E-state index contributed by atoms with van der Waals surface area (Å²) in [4.78, 5) is 13.9. The van der Waals surface area contributed by atoms with E-state index in [1.807, 2.05) is 0 Å². The molecule has 1 aliphatic rings. The Morgan fingerprint density at radius 1 is 1.12 bits per heavy atom. The SMILES string of the molecule is CCc1sc2nc(Cl)nc(N3CCCC3)c2c1-c1ccc(C)cc1. The Morgan fingerprint density at radius 2 is 1.83 bits per heavy atom. The van der Waals surface area contributed by atoms with Crippen LogP contribution in [-0.2, 0) is 6.42 Å². The molecule has 5 heteroatoms. The topological polar surface area (TPSA) is 29.0 Å². The Morgan fingerprint density at radius 3 is 2.50 bits per heavy atom. The van der Waals surface area contributed by atoms with Crippen molar-refractivity contribution in [3.05, 3.63) is 40.0 Å². The number of benzene rings is 1. The van der Waals surface area contributed by atoms with E-state index in [4.69, 9.17) is 11.6 Å². The van der Waals surface area contributed by atoms with Gasteiger partial charge >= 0.3 is 0 Å². The van der Waals surface area contributed by atoms with E-state index >= 15 is 0 Å². The highest BCUT2D eigenvalue weighted by atomic mass is 35.5. The highest BCUT2D eigenvalue weighted by Crippen LogP contribution is 2.43. The molecule has 0 atom stereocenters. The predicted octanol–water partition coefficient (Wildman–Crippen LogP) is 5.48. The summed E-state index contributed by atoms with van der Waals surface area (Å²) in [5.74, 6) is 1.01. The summed E-state index contributed by atoms with van der Waals surface area (Å²) in [5, 5.41) is 1.52. The molecule has 1 aromatic carbocycles. The number of aromatic nitrogens is 2. The highest BCUT2D eigenvalue weighted by Gasteiger charge is 2.24. The molecule has 0 unspecified atom stereocenters. The minimum Gasteiger partial charge on any atom is -0.356 e. The number of hydrogen-bond donors (Lipinski definition) is 0. The minimum atomic E-state index is 0.351. The molecule has 2 aromatic heterocycles. The predicted molar refractivity (Wildman–Crippen MR) is 103 cm³/mol. The lowest BCUT2D eigenvalue weighted by atomic mass is 10.0. The maximum atomic E-state index is 6.23. The third-order valence-corrected chi connectivity index (χ3v) is 6.04. The smallest absolute Gasteiger partial charge is 0.225 e. The standard InChI is InChI=1S/C19H20ClN3S/c1-3-14-15(13-8-6-12(2)7-9-13)16-17(23-10-4-5-11-23)21-19(20)22-18(16)24-14/h6-9H,3-5,10-11H2,1-2H3.